The van der Waals surface area contributed by atoms with E-state index in [9.17, 15) is 18.4 Å². The van der Waals surface area contributed by atoms with Gasteiger partial charge >= 0.3 is 0 Å². The Morgan fingerprint density at radius 3 is 2.33 bits per heavy atom. The predicted octanol–water partition coefficient (Wildman–Crippen LogP) is 3.58. The molecule has 2 fully saturated rings. The zero-order valence-electron chi connectivity index (χ0n) is 20.6. The zero-order valence-corrected chi connectivity index (χ0v) is 21.5. The summed E-state index contributed by atoms with van der Waals surface area (Å²) in [7, 11) is 0. The van der Waals surface area contributed by atoms with Crippen molar-refractivity contribution in [1.29, 1.82) is 0 Å². The third-order valence-electron chi connectivity index (χ3n) is 6.97. The van der Waals surface area contributed by atoms with Crippen LogP contribution in [0.4, 0.5) is 8.78 Å². The Hall–Kier alpha value is -2.49. The van der Waals surface area contributed by atoms with Gasteiger partial charge in [0.1, 0.15) is 17.7 Å². The SMILES string of the molecule is C[C@H](SCCN[C@]1(C)C[C@H]1c1ccc(F)cc1)[C@H](NC(=O)c1ccc(F)cc1)C(=O)N1CCOCC1. The van der Waals surface area contributed by atoms with Crippen molar-refractivity contribution in [1.82, 2.24) is 15.5 Å². The van der Waals surface area contributed by atoms with Gasteiger partial charge < -0.3 is 20.3 Å². The van der Waals surface area contributed by atoms with E-state index in [0.717, 1.165) is 24.3 Å². The van der Waals surface area contributed by atoms with Crippen molar-refractivity contribution in [2.24, 2.45) is 0 Å². The molecule has 1 saturated heterocycles. The van der Waals surface area contributed by atoms with Crippen LogP contribution in [0.1, 0.15) is 42.1 Å². The molecule has 0 aromatic heterocycles. The Morgan fingerprint density at radius 2 is 1.69 bits per heavy atom. The van der Waals surface area contributed by atoms with E-state index in [0.29, 0.717) is 37.8 Å². The quantitative estimate of drug-likeness (QED) is 0.472. The van der Waals surface area contributed by atoms with Gasteiger partial charge in [-0.3, -0.25) is 9.59 Å². The van der Waals surface area contributed by atoms with Crippen molar-refractivity contribution in [3.8, 4) is 0 Å². The van der Waals surface area contributed by atoms with Crippen molar-refractivity contribution in [3.63, 3.8) is 0 Å². The maximum Gasteiger partial charge on any atom is 0.251 e. The molecule has 0 unspecified atom stereocenters. The van der Waals surface area contributed by atoms with Gasteiger partial charge in [0.25, 0.3) is 5.91 Å². The molecule has 2 N–H and O–H groups in total. The van der Waals surface area contributed by atoms with Crippen molar-refractivity contribution < 1.29 is 23.1 Å². The predicted molar refractivity (Wildman–Crippen MR) is 137 cm³/mol. The first-order chi connectivity index (χ1) is 17.3. The van der Waals surface area contributed by atoms with Gasteiger partial charge in [0.2, 0.25) is 5.91 Å². The second-order valence-electron chi connectivity index (χ2n) is 9.62. The first-order valence-electron chi connectivity index (χ1n) is 12.3. The largest absolute Gasteiger partial charge is 0.378 e. The number of rotatable bonds is 10. The average molecular weight is 518 g/mol. The number of nitrogens with one attached hydrogen (secondary N) is 2. The molecule has 9 heteroatoms. The molecule has 1 aliphatic carbocycles. The van der Waals surface area contributed by atoms with E-state index in [1.807, 2.05) is 19.1 Å². The van der Waals surface area contributed by atoms with E-state index in [1.54, 1.807) is 16.7 Å². The van der Waals surface area contributed by atoms with Gasteiger partial charge in [0.05, 0.1) is 13.2 Å². The molecule has 2 aliphatic rings. The molecule has 4 rings (SSSR count). The molecular formula is C27H33F2N3O3S. The van der Waals surface area contributed by atoms with Crippen LogP contribution in [-0.2, 0) is 9.53 Å². The van der Waals surface area contributed by atoms with Crippen LogP contribution >= 0.6 is 11.8 Å². The van der Waals surface area contributed by atoms with E-state index in [1.165, 1.54) is 36.4 Å². The standard InChI is InChI=1S/C27H33F2N3O3S/c1-18(36-16-11-30-27(2)17-23(27)19-3-7-21(28)8-4-19)24(26(34)32-12-14-35-15-13-32)31-25(33)20-5-9-22(29)10-6-20/h3-10,18,23-24,30H,11-17H2,1-2H3,(H,31,33)/t18-,23-,24-,27+/m0/s1. The van der Waals surface area contributed by atoms with Gasteiger partial charge in [0.15, 0.2) is 0 Å². The number of benzene rings is 2. The third kappa shape index (κ3) is 6.63. The zero-order chi connectivity index (χ0) is 25.7. The van der Waals surface area contributed by atoms with Crippen molar-refractivity contribution in [3.05, 3.63) is 71.3 Å². The number of carbonyl (C=O) groups is 2. The fraction of sp³-hybridized carbons (Fsp3) is 0.481. The van der Waals surface area contributed by atoms with Gasteiger partial charge in [-0.05, 0) is 55.3 Å². The van der Waals surface area contributed by atoms with Crippen molar-refractivity contribution in [2.45, 2.75) is 43.0 Å². The minimum atomic E-state index is -0.714. The lowest BCUT2D eigenvalue weighted by Gasteiger charge is -2.33. The third-order valence-corrected chi connectivity index (χ3v) is 8.21. The number of thioether (sulfide) groups is 1. The fourth-order valence-corrected chi connectivity index (χ4v) is 5.57. The highest BCUT2D eigenvalue weighted by Gasteiger charge is 2.50. The van der Waals surface area contributed by atoms with Gasteiger partial charge in [-0.2, -0.15) is 11.8 Å². The van der Waals surface area contributed by atoms with Crippen LogP contribution in [0.25, 0.3) is 0 Å². The highest BCUT2D eigenvalue weighted by molar-refractivity contribution is 8.00. The van der Waals surface area contributed by atoms with E-state index in [-0.39, 0.29) is 22.5 Å². The summed E-state index contributed by atoms with van der Waals surface area (Å²) in [6.07, 6.45) is 0.991. The summed E-state index contributed by atoms with van der Waals surface area (Å²) in [5, 5.41) is 6.32. The number of carbonyl (C=O) groups excluding carboxylic acids is 2. The Morgan fingerprint density at radius 1 is 1.08 bits per heavy atom. The number of hydrogen-bond acceptors (Lipinski definition) is 5. The molecule has 1 saturated carbocycles. The molecule has 1 heterocycles. The minimum Gasteiger partial charge on any atom is -0.378 e. The summed E-state index contributed by atoms with van der Waals surface area (Å²) in [5.41, 5.74) is 1.41. The first kappa shape index (κ1) is 26.6. The van der Waals surface area contributed by atoms with E-state index >= 15 is 0 Å². The van der Waals surface area contributed by atoms with E-state index in [4.69, 9.17) is 4.74 Å². The van der Waals surface area contributed by atoms with Crippen LogP contribution in [-0.4, -0.2) is 72.1 Å². The molecule has 6 nitrogen and oxygen atoms in total. The summed E-state index contributed by atoms with van der Waals surface area (Å²) in [4.78, 5) is 27.9. The summed E-state index contributed by atoms with van der Waals surface area (Å²) < 4.78 is 31.9. The Kier molecular flexibility index (Phi) is 8.64. The van der Waals surface area contributed by atoms with Gasteiger partial charge in [-0.1, -0.05) is 19.1 Å². The second kappa shape index (κ2) is 11.7. The van der Waals surface area contributed by atoms with Gasteiger partial charge in [-0.15, -0.1) is 0 Å². The number of morpholine rings is 1. The summed E-state index contributed by atoms with van der Waals surface area (Å²) >= 11 is 1.62. The molecular weight excluding hydrogens is 484 g/mol. The number of hydrogen-bond donors (Lipinski definition) is 2. The molecule has 0 bridgehead atoms. The van der Waals surface area contributed by atoms with Gasteiger partial charge in [0, 0.05) is 47.7 Å². The van der Waals surface area contributed by atoms with Crippen LogP contribution in [0.3, 0.4) is 0 Å². The van der Waals surface area contributed by atoms with E-state index < -0.39 is 17.8 Å². The monoisotopic (exact) mass is 517 g/mol. The van der Waals surface area contributed by atoms with Crippen LogP contribution in [0.5, 0.6) is 0 Å². The van der Waals surface area contributed by atoms with Gasteiger partial charge in [-0.25, -0.2) is 8.78 Å². The molecule has 1 aliphatic heterocycles. The maximum absolute atomic E-state index is 13.3. The average Bonchev–Trinajstić information content (AvgIpc) is 3.57. The summed E-state index contributed by atoms with van der Waals surface area (Å²) in [6.45, 7) is 6.79. The summed E-state index contributed by atoms with van der Waals surface area (Å²) in [6, 6.07) is 11.3. The van der Waals surface area contributed by atoms with Crippen molar-refractivity contribution >= 4 is 23.6 Å². The van der Waals surface area contributed by atoms with E-state index in [2.05, 4.69) is 17.6 Å². The molecule has 2 amide bonds. The molecule has 0 radical (unpaired) electrons. The van der Waals surface area contributed by atoms with Crippen LogP contribution in [0.15, 0.2) is 48.5 Å². The number of ether oxygens (including phenoxy) is 1. The molecule has 0 spiro atoms. The Bertz CT molecular complexity index is 1050. The van der Waals surface area contributed by atoms with Crippen LogP contribution in [0.2, 0.25) is 0 Å². The molecule has 4 atom stereocenters. The fourth-order valence-electron chi connectivity index (χ4n) is 4.61. The Balaban J connectivity index is 1.32. The lowest BCUT2D eigenvalue weighted by molar-refractivity contribution is -0.137. The molecule has 36 heavy (non-hydrogen) atoms. The lowest BCUT2D eigenvalue weighted by Crippen LogP contribution is -2.55. The highest BCUT2D eigenvalue weighted by atomic mass is 32.2. The number of nitrogens with zero attached hydrogens (tertiary/aromatic N) is 1. The first-order valence-corrected chi connectivity index (χ1v) is 13.4. The lowest BCUT2D eigenvalue weighted by atomic mass is 10.1. The van der Waals surface area contributed by atoms with Crippen molar-refractivity contribution in [2.75, 3.05) is 38.6 Å². The normalized spacial score (nSPS) is 23.1. The number of amides is 2. The smallest absolute Gasteiger partial charge is 0.251 e. The second-order valence-corrected chi connectivity index (χ2v) is 11.1. The molecule has 194 valence electrons. The number of halogens is 2. The maximum atomic E-state index is 13.3. The molecule has 2 aromatic carbocycles. The Labute approximate surface area is 215 Å². The topological polar surface area (TPSA) is 70.7 Å². The van der Waals surface area contributed by atoms with Crippen LogP contribution < -0.4 is 10.6 Å². The highest BCUT2D eigenvalue weighted by Crippen LogP contribution is 2.51. The minimum absolute atomic E-state index is 0.0263. The molecule has 2 aromatic rings. The van der Waals surface area contributed by atoms with Crippen LogP contribution in [0, 0.1) is 11.6 Å². The summed E-state index contributed by atoms with van der Waals surface area (Å²) in [5.74, 6) is -0.0769.